The highest BCUT2D eigenvalue weighted by atomic mass is 16.2. The maximum Gasteiger partial charge on any atom is 0.251 e. The van der Waals surface area contributed by atoms with Gasteiger partial charge in [-0.15, -0.1) is 0 Å². The lowest BCUT2D eigenvalue weighted by Gasteiger charge is -2.24. The van der Waals surface area contributed by atoms with Crippen LogP contribution in [-0.4, -0.2) is 28.5 Å². The van der Waals surface area contributed by atoms with Crippen molar-refractivity contribution < 1.29 is 9.59 Å². The Labute approximate surface area is 117 Å². The van der Waals surface area contributed by atoms with Gasteiger partial charge in [0.15, 0.2) is 0 Å². The van der Waals surface area contributed by atoms with Gasteiger partial charge in [-0.3, -0.25) is 9.59 Å². The second kappa shape index (κ2) is 4.71. The largest absolute Gasteiger partial charge is 0.328 e. The third-order valence-corrected chi connectivity index (χ3v) is 3.94. The van der Waals surface area contributed by atoms with Crippen LogP contribution in [0.25, 0.3) is 0 Å². The monoisotopic (exact) mass is 268 g/mol. The van der Waals surface area contributed by atoms with Gasteiger partial charge in [-0.05, 0) is 19.4 Å². The Morgan fingerprint density at radius 2 is 1.95 bits per heavy atom. The van der Waals surface area contributed by atoms with E-state index in [0.717, 1.165) is 11.1 Å². The third kappa shape index (κ3) is 1.97. The first-order valence-corrected chi connectivity index (χ1v) is 6.74. The summed E-state index contributed by atoms with van der Waals surface area (Å²) in [5.74, 6) is -0.248. The minimum absolute atomic E-state index is 0.0189. The summed E-state index contributed by atoms with van der Waals surface area (Å²) in [6, 6.07) is 9.87. The van der Waals surface area contributed by atoms with Crippen LogP contribution in [0.5, 0.6) is 0 Å². The minimum atomic E-state index is -0.219. The van der Waals surface area contributed by atoms with Crippen LogP contribution in [0, 0.1) is 0 Å². The molecular formula is C16H16N2O2. The van der Waals surface area contributed by atoms with Crippen LogP contribution in [-0.2, 0) is 16.1 Å². The predicted molar refractivity (Wildman–Crippen MR) is 76.2 cm³/mol. The van der Waals surface area contributed by atoms with Crippen molar-refractivity contribution in [3.63, 3.8) is 0 Å². The summed E-state index contributed by atoms with van der Waals surface area (Å²) < 4.78 is 0. The molecule has 0 fully saturated rings. The lowest BCUT2D eigenvalue weighted by molar-refractivity contribution is -0.128. The van der Waals surface area contributed by atoms with Crippen molar-refractivity contribution in [1.29, 1.82) is 0 Å². The van der Waals surface area contributed by atoms with Gasteiger partial charge in [-0.2, -0.15) is 0 Å². The van der Waals surface area contributed by atoms with E-state index >= 15 is 0 Å². The zero-order chi connectivity index (χ0) is 14.3. The van der Waals surface area contributed by atoms with E-state index in [1.54, 1.807) is 0 Å². The average molecular weight is 268 g/mol. The van der Waals surface area contributed by atoms with Gasteiger partial charge in [0.2, 0.25) is 0 Å². The number of carbonyl (C=O) groups is 2. The number of dihydropyridines is 1. The van der Waals surface area contributed by atoms with Crippen molar-refractivity contribution in [2.45, 2.75) is 32.9 Å². The Morgan fingerprint density at radius 3 is 2.65 bits per heavy atom. The molecule has 2 heterocycles. The van der Waals surface area contributed by atoms with E-state index in [1.165, 1.54) is 0 Å². The van der Waals surface area contributed by atoms with E-state index in [2.05, 4.69) is 4.99 Å². The summed E-state index contributed by atoms with van der Waals surface area (Å²) in [6.07, 6.45) is 0.140. The molecule has 1 atom stereocenters. The van der Waals surface area contributed by atoms with Crippen LogP contribution in [0.15, 0.2) is 46.5 Å². The molecule has 0 unspecified atom stereocenters. The lowest BCUT2D eigenvalue weighted by Crippen LogP contribution is -2.33. The molecule has 0 saturated carbocycles. The molecule has 0 saturated heterocycles. The molecule has 2 aliphatic heterocycles. The molecule has 20 heavy (non-hydrogen) atoms. The first kappa shape index (κ1) is 12.8. The molecule has 102 valence electrons. The quantitative estimate of drug-likeness (QED) is 0.824. The molecule has 0 spiro atoms. The molecule has 0 bridgehead atoms. The summed E-state index contributed by atoms with van der Waals surface area (Å²) in [5, 5.41) is 0. The van der Waals surface area contributed by atoms with Crippen LogP contribution >= 0.6 is 0 Å². The Morgan fingerprint density at radius 1 is 1.25 bits per heavy atom. The molecule has 1 aromatic carbocycles. The third-order valence-electron chi connectivity index (χ3n) is 3.94. The van der Waals surface area contributed by atoms with Gasteiger partial charge in [0.05, 0.1) is 12.5 Å². The standard InChI is InChI=1S/C16H16N2O2/c1-10-15-11(2)18(9-12-6-4-3-5-7-12)16(20)13(15)8-14(19)17-10/h3-7,11H,8-9H2,1-2H3/t11-/m1/s1. The molecule has 2 aliphatic rings. The van der Waals surface area contributed by atoms with Gasteiger partial charge in [-0.25, -0.2) is 4.99 Å². The fourth-order valence-electron chi connectivity index (χ4n) is 2.99. The van der Waals surface area contributed by atoms with E-state index in [4.69, 9.17) is 0 Å². The Kier molecular flexibility index (Phi) is 3.01. The van der Waals surface area contributed by atoms with Gasteiger partial charge in [0.25, 0.3) is 11.8 Å². The molecule has 0 aromatic heterocycles. The van der Waals surface area contributed by atoms with Gasteiger partial charge >= 0.3 is 0 Å². The van der Waals surface area contributed by atoms with Crippen LogP contribution in [0.4, 0.5) is 0 Å². The topological polar surface area (TPSA) is 49.7 Å². The first-order valence-electron chi connectivity index (χ1n) is 6.74. The number of benzene rings is 1. The zero-order valence-corrected chi connectivity index (χ0v) is 11.6. The molecule has 0 N–H and O–H groups in total. The summed E-state index contributed by atoms with van der Waals surface area (Å²) in [4.78, 5) is 29.9. The minimum Gasteiger partial charge on any atom is -0.328 e. The second-order valence-electron chi connectivity index (χ2n) is 5.25. The summed E-state index contributed by atoms with van der Waals surface area (Å²) in [7, 11) is 0. The summed E-state index contributed by atoms with van der Waals surface area (Å²) in [5.41, 5.74) is 3.34. The maximum atomic E-state index is 12.5. The number of hydrogen-bond acceptors (Lipinski definition) is 2. The number of hydrogen-bond donors (Lipinski definition) is 0. The molecule has 3 rings (SSSR count). The fraction of sp³-hybridized carbons (Fsp3) is 0.312. The maximum absolute atomic E-state index is 12.5. The smallest absolute Gasteiger partial charge is 0.251 e. The normalized spacial score (nSPS) is 22.2. The van der Waals surface area contributed by atoms with Crippen molar-refractivity contribution in [3.8, 4) is 0 Å². The van der Waals surface area contributed by atoms with Crippen LogP contribution in [0.1, 0.15) is 25.8 Å². The van der Waals surface area contributed by atoms with Gasteiger partial charge in [0.1, 0.15) is 0 Å². The summed E-state index contributed by atoms with van der Waals surface area (Å²) >= 11 is 0. The molecule has 2 amide bonds. The van der Waals surface area contributed by atoms with E-state index in [1.807, 2.05) is 49.1 Å². The van der Waals surface area contributed by atoms with Crippen molar-refractivity contribution in [1.82, 2.24) is 4.90 Å². The highest BCUT2D eigenvalue weighted by molar-refractivity contribution is 6.18. The number of amides is 2. The highest BCUT2D eigenvalue weighted by Crippen LogP contribution is 2.33. The number of rotatable bonds is 2. The van der Waals surface area contributed by atoms with Crippen LogP contribution in [0.3, 0.4) is 0 Å². The van der Waals surface area contributed by atoms with E-state index in [-0.39, 0.29) is 24.3 Å². The van der Waals surface area contributed by atoms with Crippen molar-refractivity contribution in [2.75, 3.05) is 0 Å². The Bertz CT molecular complexity index is 644. The van der Waals surface area contributed by atoms with Crippen LogP contribution in [0.2, 0.25) is 0 Å². The molecule has 0 aliphatic carbocycles. The zero-order valence-electron chi connectivity index (χ0n) is 11.6. The van der Waals surface area contributed by atoms with Crippen molar-refractivity contribution in [3.05, 3.63) is 47.0 Å². The highest BCUT2D eigenvalue weighted by Gasteiger charge is 2.40. The van der Waals surface area contributed by atoms with Gasteiger partial charge in [-0.1, -0.05) is 30.3 Å². The molecule has 1 aromatic rings. The van der Waals surface area contributed by atoms with Gasteiger partial charge in [0, 0.05) is 23.4 Å². The van der Waals surface area contributed by atoms with Crippen molar-refractivity contribution >= 4 is 17.5 Å². The fourth-order valence-corrected chi connectivity index (χ4v) is 2.99. The second-order valence-corrected chi connectivity index (χ2v) is 5.25. The number of carbonyl (C=O) groups excluding carboxylic acids is 2. The number of nitrogens with zero attached hydrogens (tertiary/aromatic N) is 2. The summed E-state index contributed by atoms with van der Waals surface area (Å²) in [6.45, 7) is 4.37. The van der Waals surface area contributed by atoms with Gasteiger partial charge < -0.3 is 4.90 Å². The molecule has 4 heteroatoms. The van der Waals surface area contributed by atoms with E-state index in [9.17, 15) is 9.59 Å². The molecule has 4 nitrogen and oxygen atoms in total. The molecular weight excluding hydrogens is 252 g/mol. The predicted octanol–water partition coefficient (Wildman–Crippen LogP) is 2.11. The number of aliphatic imine (C=N–C) groups is 1. The van der Waals surface area contributed by atoms with E-state index < -0.39 is 0 Å². The SMILES string of the molecule is CC1=NC(=O)CC2=C1[C@@H](C)N(Cc1ccccc1)C2=O. The lowest BCUT2D eigenvalue weighted by atomic mass is 9.97. The molecule has 0 radical (unpaired) electrons. The van der Waals surface area contributed by atoms with E-state index in [0.29, 0.717) is 17.8 Å². The van der Waals surface area contributed by atoms with Crippen molar-refractivity contribution in [2.24, 2.45) is 4.99 Å². The Hall–Kier alpha value is -2.23. The first-order chi connectivity index (χ1) is 9.58. The van der Waals surface area contributed by atoms with Crippen LogP contribution < -0.4 is 0 Å². The Balaban J connectivity index is 1.90. The average Bonchev–Trinajstić information content (AvgIpc) is 2.65.